The minimum atomic E-state index is -0.487. The van der Waals surface area contributed by atoms with Crippen molar-refractivity contribution in [3.63, 3.8) is 0 Å². The molecule has 4 rings (SSSR count). The summed E-state index contributed by atoms with van der Waals surface area (Å²) in [6.07, 6.45) is 0. The van der Waals surface area contributed by atoms with Gasteiger partial charge in [0.05, 0.1) is 5.52 Å². The van der Waals surface area contributed by atoms with Crippen molar-refractivity contribution in [3.8, 4) is 10.4 Å². The molecule has 0 spiro atoms. The van der Waals surface area contributed by atoms with Gasteiger partial charge in [-0.2, -0.15) is 0 Å². The topological polar surface area (TPSA) is 34.9 Å². The molecule has 0 saturated carbocycles. The molecule has 142 valence electrons. The van der Waals surface area contributed by atoms with Crippen LogP contribution in [-0.4, -0.2) is 9.55 Å². The van der Waals surface area contributed by atoms with Gasteiger partial charge in [0, 0.05) is 22.7 Å². The smallest absolute Gasteiger partial charge is 0.272 e. The van der Waals surface area contributed by atoms with Crippen LogP contribution < -0.4 is 5.56 Å². The summed E-state index contributed by atoms with van der Waals surface area (Å²) in [5.41, 5.74) is 1.80. The fourth-order valence-electron chi connectivity index (χ4n) is 2.92. The molecule has 0 radical (unpaired) electrons. The molecule has 0 amide bonds. The third kappa shape index (κ3) is 3.59. The van der Waals surface area contributed by atoms with E-state index in [0.29, 0.717) is 21.9 Å². The molecule has 28 heavy (non-hydrogen) atoms. The third-order valence-electron chi connectivity index (χ3n) is 4.34. The van der Waals surface area contributed by atoms with E-state index in [1.54, 1.807) is 4.57 Å². The number of fused-ring (bicyclic) bond motifs is 1. The summed E-state index contributed by atoms with van der Waals surface area (Å²) in [5, 5.41) is 0.501. The lowest BCUT2D eigenvalue weighted by atomic mass is 10.2. The van der Waals surface area contributed by atoms with E-state index in [0.717, 1.165) is 22.6 Å². The lowest BCUT2D eigenvalue weighted by Crippen LogP contribution is -2.21. The minimum Gasteiger partial charge on any atom is -0.287 e. The van der Waals surface area contributed by atoms with Gasteiger partial charge in [-0.3, -0.25) is 9.36 Å². The van der Waals surface area contributed by atoms with Crippen molar-refractivity contribution in [2.24, 2.45) is 0 Å². The molecule has 0 unspecified atom stereocenters. The average molecular weight is 415 g/mol. The molecule has 0 bridgehead atoms. The largest absolute Gasteiger partial charge is 0.287 e. The molecule has 0 aliphatic heterocycles. The molecule has 0 atom stereocenters. The number of hydrogen-bond donors (Lipinski definition) is 0. The van der Waals surface area contributed by atoms with Crippen molar-refractivity contribution in [1.82, 2.24) is 9.55 Å². The highest BCUT2D eigenvalue weighted by atomic mass is 32.2. The Morgan fingerprint density at radius 1 is 1.11 bits per heavy atom. The Morgan fingerprint density at radius 2 is 1.89 bits per heavy atom. The standard InChI is InChI=1S/C21H16F2N2OS2/c1-2-25-20(26)19-17(11-18(28-19)13-6-4-3-5-7-13)24-21(25)27-12-14-10-15(22)8-9-16(14)23/h3-11H,2,12H2,1H3. The summed E-state index contributed by atoms with van der Waals surface area (Å²) in [5.74, 6) is -0.766. The van der Waals surface area contributed by atoms with Crippen molar-refractivity contribution in [1.29, 1.82) is 0 Å². The lowest BCUT2D eigenvalue weighted by molar-refractivity contribution is 0.591. The molecule has 0 aliphatic rings. The van der Waals surface area contributed by atoms with E-state index in [1.807, 2.05) is 43.3 Å². The van der Waals surface area contributed by atoms with Gasteiger partial charge < -0.3 is 0 Å². The van der Waals surface area contributed by atoms with Gasteiger partial charge in [0.2, 0.25) is 0 Å². The number of halogens is 2. The van der Waals surface area contributed by atoms with Crippen molar-refractivity contribution in [2.75, 3.05) is 0 Å². The number of hydrogen-bond acceptors (Lipinski definition) is 4. The molecule has 0 N–H and O–H groups in total. The van der Waals surface area contributed by atoms with Crippen LogP contribution in [0.1, 0.15) is 12.5 Å². The first-order valence-electron chi connectivity index (χ1n) is 8.73. The lowest BCUT2D eigenvalue weighted by Gasteiger charge is -2.10. The normalized spacial score (nSPS) is 11.2. The van der Waals surface area contributed by atoms with Crippen molar-refractivity contribution in [3.05, 3.63) is 82.1 Å². The van der Waals surface area contributed by atoms with Crippen molar-refractivity contribution >= 4 is 33.3 Å². The molecule has 3 nitrogen and oxygen atoms in total. The molecule has 7 heteroatoms. The predicted molar refractivity (Wildman–Crippen MR) is 111 cm³/mol. The van der Waals surface area contributed by atoms with Crippen molar-refractivity contribution < 1.29 is 8.78 Å². The maximum Gasteiger partial charge on any atom is 0.272 e. The summed E-state index contributed by atoms with van der Waals surface area (Å²) in [7, 11) is 0. The molecule has 0 fully saturated rings. The van der Waals surface area contributed by atoms with Gasteiger partial charge in [-0.05, 0) is 36.8 Å². The number of aromatic nitrogens is 2. The van der Waals surface area contributed by atoms with Crippen molar-refractivity contribution in [2.45, 2.75) is 24.4 Å². The molecule has 2 aromatic carbocycles. The Labute approximate surface area is 168 Å². The van der Waals surface area contributed by atoms with Crippen LogP contribution in [0.15, 0.2) is 64.5 Å². The number of thiophene rings is 1. The van der Waals surface area contributed by atoms with Gasteiger partial charge in [0.15, 0.2) is 5.16 Å². The maximum atomic E-state index is 13.9. The summed E-state index contributed by atoms with van der Waals surface area (Å²) >= 11 is 2.65. The van der Waals surface area contributed by atoms with Crippen LogP contribution in [0.25, 0.3) is 20.7 Å². The van der Waals surface area contributed by atoms with E-state index in [9.17, 15) is 13.6 Å². The molecule has 0 aliphatic carbocycles. The van der Waals surface area contributed by atoms with Crippen LogP contribution in [0.3, 0.4) is 0 Å². The van der Waals surface area contributed by atoms with Gasteiger partial charge >= 0.3 is 0 Å². The average Bonchev–Trinajstić information content (AvgIpc) is 3.14. The second kappa shape index (κ2) is 7.85. The Morgan fingerprint density at radius 3 is 2.64 bits per heavy atom. The van der Waals surface area contributed by atoms with E-state index in [-0.39, 0.29) is 16.9 Å². The number of nitrogens with zero attached hydrogens (tertiary/aromatic N) is 2. The first kappa shape index (κ1) is 18.8. The van der Waals surface area contributed by atoms with Crippen LogP contribution in [-0.2, 0) is 12.3 Å². The highest BCUT2D eigenvalue weighted by Crippen LogP contribution is 2.32. The van der Waals surface area contributed by atoms with Gasteiger partial charge in [-0.25, -0.2) is 13.8 Å². The second-order valence-electron chi connectivity index (χ2n) is 6.16. The Bertz CT molecular complexity index is 1200. The minimum absolute atomic E-state index is 0.109. The van der Waals surface area contributed by atoms with E-state index in [4.69, 9.17) is 0 Å². The van der Waals surface area contributed by atoms with Crippen LogP contribution in [0.2, 0.25) is 0 Å². The van der Waals surface area contributed by atoms with E-state index < -0.39 is 11.6 Å². The van der Waals surface area contributed by atoms with E-state index in [1.165, 1.54) is 29.2 Å². The van der Waals surface area contributed by atoms with Gasteiger partial charge in [0.25, 0.3) is 5.56 Å². The van der Waals surface area contributed by atoms with Crippen LogP contribution in [0.4, 0.5) is 8.78 Å². The van der Waals surface area contributed by atoms with Gasteiger partial charge in [0.1, 0.15) is 16.3 Å². The van der Waals surface area contributed by atoms with Crippen LogP contribution >= 0.6 is 23.1 Å². The maximum absolute atomic E-state index is 13.9. The third-order valence-corrected chi connectivity index (χ3v) is 6.52. The highest BCUT2D eigenvalue weighted by molar-refractivity contribution is 7.98. The molecule has 4 aromatic rings. The van der Waals surface area contributed by atoms with Crippen LogP contribution in [0, 0.1) is 11.6 Å². The first-order chi connectivity index (χ1) is 13.6. The summed E-state index contributed by atoms with van der Waals surface area (Å²) in [6, 6.07) is 15.1. The Hall–Kier alpha value is -2.51. The van der Waals surface area contributed by atoms with Crippen LogP contribution in [0.5, 0.6) is 0 Å². The summed E-state index contributed by atoms with van der Waals surface area (Å²) in [6.45, 7) is 2.32. The zero-order valence-electron chi connectivity index (χ0n) is 15.0. The summed E-state index contributed by atoms with van der Waals surface area (Å²) in [4.78, 5) is 18.6. The first-order valence-corrected chi connectivity index (χ1v) is 10.5. The fourth-order valence-corrected chi connectivity index (χ4v) is 5.01. The number of benzene rings is 2. The number of thioether (sulfide) groups is 1. The molecular weight excluding hydrogens is 398 g/mol. The van der Waals surface area contributed by atoms with Gasteiger partial charge in [-0.15, -0.1) is 11.3 Å². The molecule has 2 heterocycles. The Kier molecular flexibility index (Phi) is 5.28. The zero-order valence-corrected chi connectivity index (χ0v) is 16.6. The second-order valence-corrected chi connectivity index (χ2v) is 8.15. The molecular formula is C21H16F2N2OS2. The fraction of sp³-hybridized carbons (Fsp3) is 0.143. The SMILES string of the molecule is CCn1c(SCc2cc(F)ccc2F)nc2cc(-c3ccccc3)sc2c1=O. The monoisotopic (exact) mass is 414 g/mol. The van der Waals surface area contributed by atoms with E-state index >= 15 is 0 Å². The zero-order chi connectivity index (χ0) is 19.7. The molecule has 2 aromatic heterocycles. The van der Waals surface area contributed by atoms with Gasteiger partial charge in [-0.1, -0.05) is 42.1 Å². The highest BCUT2D eigenvalue weighted by Gasteiger charge is 2.15. The van der Waals surface area contributed by atoms with E-state index in [2.05, 4.69) is 4.98 Å². The quantitative estimate of drug-likeness (QED) is 0.310. The number of rotatable bonds is 5. The molecule has 0 saturated heterocycles. The Balaban J connectivity index is 1.74. The summed E-state index contributed by atoms with van der Waals surface area (Å²) < 4.78 is 29.5. The predicted octanol–water partition coefficient (Wildman–Crippen LogP) is 5.72.